The Labute approximate surface area is 163 Å². The number of rotatable bonds is 5. The van der Waals surface area contributed by atoms with Crippen molar-refractivity contribution >= 4 is 50.8 Å². The molecule has 0 unspecified atom stereocenters. The average Bonchev–Trinajstić information content (AvgIpc) is 2.90. The van der Waals surface area contributed by atoms with Gasteiger partial charge < -0.3 is 5.32 Å². The molecule has 0 saturated carbocycles. The van der Waals surface area contributed by atoms with E-state index >= 15 is 0 Å². The Balaban J connectivity index is 1.57. The van der Waals surface area contributed by atoms with Crippen LogP contribution in [-0.4, -0.2) is 35.0 Å². The molecule has 2 aromatic carbocycles. The first-order valence-corrected chi connectivity index (χ1v) is 9.50. The van der Waals surface area contributed by atoms with E-state index in [0.29, 0.717) is 10.5 Å². The van der Waals surface area contributed by atoms with Gasteiger partial charge in [-0.2, -0.15) is 0 Å². The first-order valence-electron chi connectivity index (χ1n) is 7.89. The summed E-state index contributed by atoms with van der Waals surface area (Å²) < 4.78 is 0.886. The van der Waals surface area contributed by atoms with Crippen molar-refractivity contribution in [3.63, 3.8) is 0 Å². The molecule has 2 aromatic rings. The number of carbonyl (C=O) groups is 3. The van der Waals surface area contributed by atoms with Crippen LogP contribution in [0.25, 0.3) is 6.08 Å². The van der Waals surface area contributed by atoms with Gasteiger partial charge in [0.15, 0.2) is 0 Å². The predicted octanol–water partition coefficient (Wildman–Crippen LogP) is 3.92. The van der Waals surface area contributed by atoms with Crippen molar-refractivity contribution in [2.45, 2.75) is 0 Å². The maximum Gasteiger partial charge on any atom is 0.293 e. The fourth-order valence-corrected chi connectivity index (χ4v) is 3.51. The number of halogens is 1. The van der Waals surface area contributed by atoms with Gasteiger partial charge in [0.05, 0.1) is 4.91 Å². The quantitative estimate of drug-likeness (QED) is 0.729. The average molecular weight is 431 g/mol. The molecule has 7 heteroatoms. The number of nitrogens with one attached hydrogen (secondary N) is 1. The largest absolute Gasteiger partial charge is 0.350 e. The number of thioether (sulfide) groups is 1. The second-order valence-electron chi connectivity index (χ2n) is 5.51. The summed E-state index contributed by atoms with van der Waals surface area (Å²) in [5.74, 6) is -0.578. The van der Waals surface area contributed by atoms with Gasteiger partial charge in [0.25, 0.3) is 17.1 Å². The lowest BCUT2D eigenvalue weighted by Gasteiger charge is -2.13. The summed E-state index contributed by atoms with van der Waals surface area (Å²) >= 11 is 4.23. The Morgan fingerprint density at radius 3 is 2.46 bits per heavy atom. The van der Waals surface area contributed by atoms with Crippen LogP contribution in [-0.2, 0) is 4.79 Å². The molecule has 5 nitrogen and oxygen atoms in total. The van der Waals surface area contributed by atoms with Crippen molar-refractivity contribution in [1.82, 2.24) is 10.2 Å². The first kappa shape index (κ1) is 18.4. The summed E-state index contributed by atoms with van der Waals surface area (Å²) in [6.07, 6.45) is 1.70. The van der Waals surface area contributed by atoms with Gasteiger partial charge in [0, 0.05) is 23.1 Å². The SMILES string of the molecule is O=C(NCCN1C(=O)S/C(=C\c2ccccc2)C1=O)c1ccc(Br)cc1. The van der Waals surface area contributed by atoms with Crippen LogP contribution in [0.1, 0.15) is 15.9 Å². The van der Waals surface area contributed by atoms with E-state index in [1.807, 2.05) is 30.3 Å². The predicted molar refractivity (Wildman–Crippen MR) is 106 cm³/mol. The molecular formula is C19H15BrN2O3S. The van der Waals surface area contributed by atoms with E-state index in [4.69, 9.17) is 0 Å². The lowest BCUT2D eigenvalue weighted by Crippen LogP contribution is -2.37. The van der Waals surface area contributed by atoms with E-state index in [1.165, 1.54) is 0 Å². The van der Waals surface area contributed by atoms with E-state index < -0.39 is 0 Å². The van der Waals surface area contributed by atoms with Crippen LogP contribution in [0.3, 0.4) is 0 Å². The molecule has 3 amide bonds. The Bertz CT molecular complexity index is 866. The second kappa shape index (κ2) is 8.33. The van der Waals surface area contributed by atoms with Gasteiger partial charge in [-0.25, -0.2) is 0 Å². The molecule has 3 rings (SSSR count). The Morgan fingerprint density at radius 2 is 1.77 bits per heavy atom. The lowest BCUT2D eigenvalue weighted by atomic mass is 10.2. The number of hydrogen-bond donors (Lipinski definition) is 1. The van der Waals surface area contributed by atoms with Gasteiger partial charge in [0.2, 0.25) is 0 Å². The third-order valence-electron chi connectivity index (χ3n) is 3.70. The van der Waals surface area contributed by atoms with Crippen LogP contribution in [0.15, 0.2) is 64.0 Å². The maximum atomic E-state index is 12.4. The van der Waals surface area contributed by atoms with E-state index in [9.17, 15) is 14.4 Å². The van der Waals surface area contributed by atoms with Crippen LogP contribution in [0.5, 0.6) is 0 Å². The normalized spacial score (nSPS) is 15.6. The molecule has 1 aliphatic heterocycles. The molecule has 1 fully saturated rings. The van der Waals surface area contributed by atoms with Crippen LogP contribution in [0, 0.1) is 0 Å². The number of benzene rings is 2. The van der Waals surface area contributed by atoms with Crippen molar-refractivity contribution in [1.29, 1.82) is 0 Å². The molecular weight excluding hydrogens is 416 g/mol. The Kier molecular flexibility index (Phi) is 5.90. The summed E-state index contributed by atoms with van der Waals surface area (Å²) in [7, 11) is 0. The van der Waals surface area contributed by atoms with Crippen molar-refractivity contribution in [3.8, 4) is 0 Å². The minimum absolute atomic E-state index is 0.138. The summed E-state index contributed by atoms with van der Waals surface area (Å²) in [5, 5.41) is 2.40. The zero-order chi connectivity index (χ0) is 18.5. The molecule has 1 aliphatic rings. The first-order chi connectivity index (χ1) is 12.5. The summed E-state index contributed by atoms with van der Waals surface area (Å²) in [6.45, 7) is 0.338. The zero-order valence-corrected chi connectivity index (χ0v) is 16.0. The van der Waals surface area contributed by atoms with Crippen molar-refractivity contribution in [2.24, 2.45) is 0 Å². The molecule has 26 heavy (non-hydrogen) atoms. The highest BCUT2D eigenvalue weighted by Gasteiger charge is 2.34. The fraction of sp³-hybridized carbons (Fsp3) is 0.105. The topological polar surface area (TPSA) is 66.5 Å². The molecule has 0 atom stereocenters. The van der Waals surface area contributed by atoms with Crippen LogP contribution < -0.4 is 5.32 Å². The zero-order valence-electron chi connectivity index (χ0n) is 13.6. The summed E-state index contributed by atoms with van der Waals surface area (Å²) in [5.41, 5.74) is 1.38. The number of amides is 3. The van der Waals surface area contributed by atoms with Crippen LogP contribution in [0.4, 0.5) is 4.79 Å². The minimum Gasteiger partial charge on any atom is -0.350 e. The molecule has 132 valence electrons. The second-order valence-corrected chi connectivity index (χ2v) is 7.42. The van der Waals surface area contributed by atoms with Gasteiger partial charge >= 0.3 is 0 Å². The van der Waals surface area contributed by atoms with Gasteiger partial charge in [-0.05, 0) is 47.7 Å². The van der Waals surface area contributed by atoms with Gasteiger partial charge in [-0.1, -0.05) is 46.3 Å². The van der Waals surface area contributed by atoms with Crippen LogP contribution in [0.2, 0.25) is 0 Å². The van der Waals surface area contributed by atoms with E-state index in [0.717, 1.165) is 26.7 Å². The third-order valence-corrected chi connectivity index (χ3v) is 5.13. The number of imide groups is 1. The monoisotopic (exact) mass is 430 g/mol. The van der Waals surface area contributed by atoms with E-state index in [2.05, 4.69) is 21.2 Å². The lowest BCUT2D eigenvalue weighted by molar-refractivity contribution is -0.122. The van der Waals surface area contributed by atoms with Crippen molar-refractivity contribution < 1.29 is 14.4 Å². The van der Waals surface area contributed by atoms with Crippen LogP contribution >= 0.6 is 27.7 Å². The highest BCUT2D eigenvalue weighted by Crippen LogP contribution is 2.31. The maximum absolute atomic E-state index is 12.4. The van der Waals surface area contributed by atoms with E-state index in [1.54, 1.807) is 30.3 Å². The molecule has 0 bridgehead atoms. The molecule has 0 aliphatic carbocycles. The number of nitrogens with zero attached hydrogens (tertiary/aromatic N) is 1. The van der Waals surface area contributed by atoms with Gasteiger partial charge in [0.1, 0.15) is 0 Å². The summed E-state index contributed by atoms with van der Waals surface area (Å²) in [6, 6.07) is 16.3. The fourth-order valence-electron chi connectivity index (χ4n) is 2.38. The number of hydrogen-bond acceptors (Lipinski definition) is 4. The highest BCUT2D eigenvalue weighted by molar-refractivity contribution is 9.10. The molecule has 1 saturated heterocycles. The summed E-state index contributed by atoms with van der Waals surface area (Å²) in [4.78, 5) is 38.1. The minimum atomic E-state index is -0.332. The molecule has 0 spiro atoms. The molecule has 0 radical (unpaired) electrons. The molecule has 1 heterocycles. The van der Waals surface area contributed by atoms with Crippen molar-refractivity contribution in [3.05, 3.63) is 75.1 Å². The molecule has 0 aromatic heterocycles. The Morgan fingerprint density at radius 1 is 1.08 bits per heavy atom. The van der Waals surface area contributed by atoms with Gasteiger partial charge in [-0.3, -0.25) is 19.3 Å². The van der Waals surface area contributed by atoms with Crippen molar-refractivity contribution in [2.75, 3.05) is 13.1 Å². The molecule has 1 N–H and O–H groups in total. The standard InChI is InChI=1S/C19H15BrN2O3S/c20-15-8-6-14(7-9-15)17(23)21-10-11-22-18(24)16(26-19(22)25)12-13-4-2-1-3-5-13/h1-9,12H,10-11H2,(H,21,23)/b16-12-. The smallest absolute Gasteiger partial charge is 0.293 e. The van der Waals surface area contributed by atoms with Gasteiger partial charge in [-0.15, -0.1) is 0 Å². The van der Waals surface area contributed by atoms with E-state index in [-0.39, 0.29) is 30.1 Å². The highest BCUT2D eigenvalue weighted by atomic mass is 79.9. The third kappa shape index (κ3) is 4.42. The Hall–Kier alpha value is -2.38. The number of carbonyl (C=O) groups excluding carboxylic acids is 3.